The predicted octanol–water partition coefficient (Wildman–Crippen LogP) is 4.38. The summed E-state index contributed by atoms with van der Waals surface area (Å²) < 4.78 is 0. The Balaban J connectivity index is 2.44. The zero-order valence-electron chi connectivity index (χ0n) is 8.99. The van der Waals surface area contributed by atoms with Crippen LogP contribution >= 0.6 is 11.8 Å². The normalized spacial score (nSPS) is 11.3. The molecule has 0 bridgehead atoms. The van der Waals surface area contributed by atoms with E-state index in [-0.39, 0.29) is 0 Å². The highest BCUT2D eigenvalue weighted by molar-refractivity contribution is 7.99. The molecule has 0 fully saturated rings. The Bertz CT molecular complexity index is 275. The largest absolute Gasteiger partial charge is 0.126 e. The highest BCUT2D eigenvalue weighted by atomic mass is 32.2. The molecule has 1 aromatic carbocycles. The highest BCUT2D eigenvalue weighted by Crippen LogP contribution is 2.30. The van der Waals surface area contributed by atoms with Gasteiger partial charge in [-0.1, -0.05) is 38.1 Å². The Morgan fingerprint density at radius 3 is 2.50 bits per heavy atom. The highest BCUT2D eigenvalue weighted by Gasteiger charge is 2.15. The maximum atomic E-state index is 3.79. The van der Waals surface area contributed by atoms with Crippen molar-refractivity contribution in [1.82, 2.24) is 0 Å². The molecule has 1 heteroatoms. The third-order valence-electron chi connectivity index (χ3n) is 2.07. The summed E-state index contributed by atoms with van der Waals surface area (Å²) in [6.07, 6.45) is 3.08. The minimum absolute atomic E-state index is 0.349. The molecule has 0 aromatic heterocycles. The number of benzene rings is 1. The molecule has 76 valence electrons. The summed E-state index contributed by atoms with van der Waals surface area (Å²) in [4.78, 5) is 1.35. The summed E-state index contributed by atoms with van der Waals surface area (Å²) in [5.74, 6) is 1.14. The van der Waals surface area contributed by atoms with Gasteiger partial charge in [-0.2, -0.15) is 0 Å². The van der Waals surface area contributed by atoms with Crippen LogP contribution in [0, 0.1) is 5.41 Å². The lowest BCUT2D eigenvalue weighted by Crippen LogP contribution is -2.13. The third kappa shape index (κ3) is 4.01. The van der Waals surface area contributed by atoms with Crippen molar-refractivity contribution in [3.63, 3.8) is 0 Å². The first-order valence-electron chi connectivity index (χ1n) is 4.93. The van der Waals surface area contributed by atoms with Gasteiger partial charge in [-0.15, -0.1) is 18.3 Å². The molecule has 0 aliphatic rings. The lowest BCUT2D eigenvalue weighted by molar-refractivity contribution is 0.431. The van der Waals surface area contributed by atoms with Crippen molar-refractivity contribution in [2.75, 3.05) is 5.75 Å². The van der Waals surface area contributed by atoms with Crippen LogP contribution in [0.5, 0.6) is 0 Å². The minimum Gasteiger partial charge on any atom is -0.126 e. The van der Waals surface area contributed by atoms with Crippen molar-refractivity contribution >= 4 is 11.8 Å². The maximum absolute atomic E-state index is 3.79. The van der Waals surface area contributed by atoms with Gasteiger partial charge in [-0.25, -0.2) is 0 Å². The van der Waals surface area contributed by atoms with Crippen LogP contribution in [0.1, 0.15) is 20.3 Å². The van der Waals surface area contributed by atoms with Crippen LogP contribution in [0.4, 0.5) is 0 Å². The van der Waals surface area contributed by atoms with E-state index in [1.54, 1.807) is 0 Å². The lowest BCUT2D eigenvalue weighted by atomic mass is 9.92. The second-order valence-electron chi connectivity index (χ2n) is 4.26. The number of hydrogen-bond donors (Lipinski definition) is 0. The van der Waals surface area contributed by atoms with Gasteiger partial charge in [0.15, 0.2) is 0 Å². The van der Waals surface area contributed by atoms with Gasteiger partial charge in [0.2, 0.25) is 0 Å². The molecule has 0 aliphatic heterocycles. The van der Waals surface area contributed by atoms with Crippen molar-refractivity contribution < 1.29 is 0 Å². The van der Waals surface area contributed by atoms with E-state index >= 15 is 0 Å². The fourth-order valence-electron chi connectivity index (χ4n) is 1.25. The molecule has 1 aromatic rings. The fourth-order valence-corrected chi connectivity index (χ4v) is 2.27. The molecular formula is C13H18S. The Morgan fingerprint density at radius 1 is 1.29 bits per heavy atom. The number of allylic oxidation sites excluding steroid dienone is 1. The topological polar surface area (TPSA) is 0 Å². The van der Waals surface area contributed by atoms with E-state index in [1.165, 1.54) is 4.90 Å². The first-order valence-corrected chi connectivity index (χ1v) is 5.91. The molecule has 0 nitrogen and oxygen atoms in total. The van der Waals surface area contributed by atoms with Gasteiger partial charge in [0.25, 0.3) is 0 Å². The second-order valence-corrected chi connectivity index (χ2v) is 5.31. The van der Waals surface area contributed by atoms with E-state index in [1.807, 2.05) is 17.8 Å². The summed E-state index contributed by atoms with van der Waals surface area (Å²) in [6.45, 7) is 8.36. The molecule has 14 heavy (non-hydrogen) atoms. The van der Waals surface area contributed by atoms with Crippen LogP contribution in [0.3, 0.4) is 0 Å². The lowest BCUT2D eigenvalue weighted by Gasteiger charge is -2.22. The van der Waals surface area contributed by atoms with E-state index in [9.17, 15) is 0 Å². The van der Waals surface area contributed by atoms with Gasteiger partial charge in [-0.05, 0) is 24.0 Å². The van der Waals surface area contributed by atoms with E-state index < -0.39 is 0 Å². The Kier molecular flexibility index (Phi) is 4.27. The van der Waals surface area contributed by atoms with Crippen LogP contribution in [-0.4, -0.2) is 5.75 Å². The van der Waals surface area contributed by atoms with Gasteiger partial charge in [0.1, 0.15) is 0 Å². The van der Waals surface area contributed by atoms with Gasteiger partial charge < -0.3 is 0 Å². The van der Waals surface area contributed by atoms with E-state index in [2.05, 4.69) is 50.8 Å². The summed E-state index contributed by atoms with van der Waals surface area (Å²) in [5.41, 5.74) is 0.349. The van der Waals surface area contributed by atoms with E-state index in [4.69, 9.17) is 0 Å². The minimum atomic E-state index is 0.349. The average molecular weight is 206 g/mol. The van der Waals surface area contributed by atoms with Gasteiger partial charge >= 0.3 is 0 Å². The van der Waals surface area contributed by atoms with Gasteiger partial charge in [0, 0.05) is 10.6 Å². The quantitative estimate of drug-likeness (QED) is 0.509. The molecule has 0 saturated carbocycles. The molecule has 1 rings (SSSR count). The molecule has 0 unspecified atom stereocenters. The van der Waals surface area contributed by atoms with E-state index in [0.29, 0.717) is 5.41 Å². The molecule has 0 saturated heterocycles. The molecule has 0 amide bonds. The summed E-state index contributed by atoms with van der Waals surface area (Å²) in [7, 11) is 0. The average Bonchev–Trinajstić information content (AvgIpc) is 2.17. The van der Waals surface area contributed by atoms with Crippen molar-refractivity contribution in [2.24, 2.45) is 5.41 Å². The molecule has 0 spiro atoms. The zero-order valence-corrected chi connectivity index (χ0v) is 9.81. The zero-order chi connectivity index (χ0) is 10.4. The Labute approximate surface area is 91.4 Å². The molecule has 0 N–H and O–H groups in total. The van der Waals surface area contributed by atoms with Crippen molar-refractivity contribution in [1.29, 1.82) is 0 Å². The van der Waals surface area contributed by atoms with Gasteiger partial charge in [-0.3, -0.25) is 0 Å². The molecule has 0 atom stereocenters. The van der Waals surface area contributed by atoms with Crippen LogP contribution in [0.15, 0.2) is 47.9 Å². The SMILES string of the molecule is C=CCC(C)(C)CSc1ccccc1. The molecule has 0 radical (unpaired) electrons. The summed E-state index contributed by atoms with van der Waals surface area (Å²) in [6, 6.07) is 10.5. The van der Waals surface area contributed by atoms with Crippen LogP contribution in [0.25, 0.3) is 0 Å². The molecular weight excluding hydrogens is 188 g/mol. The van der Waals surface area contributed by atoms with E-state index in [0.717, 1.165) is 12.2 Å². The van der Waals surface area contributed by atoms with Crippen LogP contribution < -0.4 is 0 Å². The summed E-state index contributed by atoms with van der Waals surface area (Å²) in [5, 5.41) is 0. The smallest absolute Gasteiger partial charge is 0.00721 e. The second kappa shape index (κ2) is 5.26. The standard InChI is InChI=1S/C13H18S/c1-4-10-13(2,3)11-14-12-8-6-5-7-9-12/h4-9H,1,10-11H2,2-3H3. The van der Waals surface area contributed by atoms with Crippen LogP contribution in [-0.2, 0) is 0 Å². The molecule has 0 heterocycles. The Morgan fingerprint density at radius 2 is 1.93 bits per heavy atom. The first kappa shape index (κ1) is 11.4. The number of rotatable bonds is 5. The predicted molar refractivity (Wildman–Crippen MR) is 65.8 cm³/mol. The van der Waals surface area contributed by atoms with Crippen molar-refractivity contribution in [2.45, 2.75) is 25.2 Å². The maximum Gasteiger partial charge on any atom is 0.00721 e. The Hall–Kier alpha value is -0.690. The summed E-state index contributed by atoms with van der Waals surface area (Å²) >= 11 is 1.92. The fraction of sp³-hybridized carbons (Fsp3) is 0.385. The molecule has 0 aliphatic carbocycles. The van der Waals surface area contributed by atoms with Gasteiger partial charge in [0.05, 0.1) is 0 Å². The van der Waals surface area contributed by atoms with Crippen molar-refractivity contribution in [3.8, 4) is 0 Å². The van der Waals surface area contributed by atoms with Crippen molar-refractivity contribution in [3.05, 3.63) is 43.0 Å². The number of thioether (sulfide) groups is 1. The van der Waals surface area contributed by atoms with Crippen LogP contribution in [0.2, 0.25) is 0 Å². The first-order chi connectivity index (χ1) is 6.64. The number of hydrogen-bond acceptors (Lipinski definition) is 1. The monoisotopic (exact) mass is 206 g/mol. The third-order valence-corrected chi connectivity index (χ3v) is 3.60.